The van der Waals surface area contributed by atoms with Gasteiger partial charge in [0.05, 0.1) is 15.9 Å². The van der Waals surface area contributed by atoms with Crippen LogP contribution in [0.3, 0.4) is 0 Å². The topological polar surface area (TPSA) is 55.2 Å². The van der Waals surface area contributed by atoms with Crippen LogP contribution in [0.15, 0.2) is 66.7 Å². The van der Waals surface area contributed by atoms with E-state index in [9.17, 15) is 9.50 Å². The second-order valence-corrected chi connectivity index (χ2v) is 6.00. The van der Waals surface area contributed by atoms with E-state index in [1.165, 1.54) is 24.3 Å². The summed E-state index contributed by atoms with van der Waals surface area (Å²) in [5, 5.41) is 10.5. The summed E-state index contributed by atoms with van der Waals surface area (Å²) in [6.07, 6.45) is 0. The Balaban J connectivity index is 1.84. The molecule has 0 aliphatic rings. The molecule has 1 N–H and O–H groups in total. The molecule has 26 heavy (non-hydrogen) atoms. The zero-order valence-corrected chi connectivity index (χ0v) is 14.1. The number of para-hydroxylation sites is 1. The van der Waals surface area contributed by atoms with Crippen LogP contribution >= 0.6 is 11.6 Å². The van der Waals surface area contributed by atoms with Gasteiger partial charge >= 0.3 is 0 Å². The molecule has 0 amide bonds. The highest BCUT2D eigenvalue weighted by atomic mass is 35.5. The summed E-state index contributed by atoms with van der Waals surface area (Å²) in [5.74, 6) is 0.838. The number of ether oxygens (including phenoxy) is 1. The van der Waals surface area contributed by atoms with Gasteiger partial charge in [0.25, 0.3) is 0 Å². The monoisotopic (exact) mass is 366 g/mol. The average Bonchev–Trinajstić information content (AvgIpc) is 2.65. The molecular formula is C20H12ClFN2O2. The number of halogens is 2. The van der Waals surface area contributed by atoms with Gasteiger partial charge in [-0.2, -0.15) is 4.98 Å². The van der Waals surface area contributed by atoms with Gasteiger partial charge in [0.2, 0.25) is 5.88 Å². The molecule has 1 heterocycles. The number of hydrogen-bond donors (Lipinski definition) is 1. The molecule has 0 bridgehead atoms. The summed E-state index contributed by atoms with van der Waals surface area (Å²) in [6.45, 7) is 0. The number of phenolic OH excluding ortho intramolecular Hbond substituents is 1. The molecule has 6 heteroatoms. The van der Waals surface area contributed by atoms with Gasteiger partial charge in [-0.25, -0.2) is 9.37 Å². The highest BCUT2D eigenvalue weighted by molar-refractivity contribution is 6.32. The lowest BCUT2D eigenvalue weighted by Gasteiger charge is -2.10. The lowest BCUT2D eigenvalue weighted by molar-refractivity contribution is 0.458. The van der Waals surface area contributed by atoms with Crippen LogP contribution in [0.4, 0.5) is 4.39 Å². The molecule has 0 radical (unpaired) electrons. The molecule has 1 aromatic heterocycles. The van der Waals surface area contributed by atoms with E-state index >= 15 is 0 Å². The number of nitrogens with zero attached hydrogens (tertiary/aromatic N) is 2. The predicted octanol–water partition coefficient (Wildman–Crippen LogP) is 5.59. The van der Waals surface area contributed by atoms with Crippen molar-refractivity contribution in [3.05, 3.63) is 77.6 Å². The van der Waals surface area contributed by atoms with Crippen LogP contribution in [0.1, 0.15) is 0 Å². The minimum atomic E-state index is -0.329. The van der Waals surface area contributed by atoms with Crippen molar-refractivity contribution >= 4 is 22.5 Å². The Kier molecular flexibility index (Phi) is 4.14. The third-order valence-corrected chi connectivity index (χ3v) is 4.11. The summed E-state index contributed by atoms with van der Waals surface area (Å²) in [4.78, 5) is 9.02. The molecule has 4 nitrogen and oxygen atoms in total. The predicted molar refractivity (Wildman–Crippen MR) is 98.1 cm³/mol. The molecular weight excluding hydrogens is 355 g/mol. The van der Waals surface area contributed by atoms with Crippen molar-refractivity contribution in [2.24, 2.45) is 0 Å². The lowest BCUT2D eigenvalue weighted by atomic mass is 10.2. The summed E-state index contributed by atoms with van der Waals surface area (Å²) in [7, 11) is 0. The molecule has 0 atom stereocenters. The zero-order chi connectivity index (χ0) is 18.1. The summed E-state index contributed by atoms with van der Waals surface area (Å²) in [6, 6.07) is 17.9. The number of phenols is 1. The lowest BCUT2D eigenvalue weighted by Crippen LogP contribution is -1.96. The fourth-order valence-electron chi connectivity index (χ4n) is 2.52. The molecule has 3 aromatic carbocycles. The first kappa shape index (κ1) is 16.3. The maximum absolute atomic E-state index is 13.2. The minimum Gasteiger partial charge on any atom is -0.506 e. The highest BCUT2D eigenvalue weighted by Crippen LogP contribution is 2.33. The molecule has 0 fully saturated rings. The van der Waals surface area contributed by atoms with Crippen LogP contribution in [0.2, 0.25) is 5.02 Å². The molecule has 4 aromatic rings. The summed E-state index contributed by atoms with van der Waals surface area (Å²) in [5.41, 5.74) is 1.37. The first-order chi connectivity index (χ1) is 12.6. The molecule has 0 spiro atoms. The quantitative estimate of drug-likeness (QED) is 0.513. The Morgan fingerprint density at radius 1 is 0.923 bits per heavy atom. The number of fused-ring (bicyclic) bond motifs is 1. The van der Waals surface area contributed by atoms with E-state index in [-0.39, 0.29) is 16.6 Å². The van der Waals surface area contributed by atoms with Crippen LogP contribution in [-0.2, 0) is 0 Å². The van der Waals surface area contributed by atoms with Gasteiger partial charge in [0.15, 0.2) is 5.82 Å². The van der Waals surface area contributed by atoms with Crippen LogP contribution in [0, 0.1) is 5.82 Å². The minimum absolute atomic E-state index is 0.0291. The largest absolute Gasteiger partial charge is 0.506 e. The molecule has 0 aliphatic carbocycles. The van der Waals surface area contributed by atoms with Crippen LogP contribution in [0.5, 0.6) is 17.4 Å². The van der Waals surface area contributed by atoms with Gasteiger partial charge in [-0.1, -0.05) is 23.7 Å². The second-order valence-electron chi connectivity index (χ2n) is 5.59. The number of aromatic hydroxyl groups is 1. The van der Waals surface area contributed by atoms with E-state index in [0.717, 1.165) is 5.39 Å². The van der Waals surface area contributed by atoms with E-state index in [2.05, 4.69) is 9.97 Å². The van der Waals surface area contributed by atoms with Crippen molar-refractivity contribution in [3.8, 4) is 28.8 Å². The Morgan fingerprint density at radius 2 is 1.69 bits per heavy atom. The van der Waals surface area contributed by atoms with E-state index in [1.807, 2.05) is 24.3 Å². The first-order valence-electron chi connectivity index (χ1n) is 7.79. The highest BCUT2D eigenvalue weighted by Gasteiger charge is 2.12. The van der Waals surface area contributed by atoms with Crippen LogP contribution < -0.4 is 4.74 Å². The van der Waals surface area contributed by atoms with Gasteiger partial charge in [0, 0.05) is 11.6 Å². The maximum atomic E-state index is 13.2. The third-order valence-electron chi connectivity index (χ3n) is 3.80. The fourth-order valence-corrected chi connectivity index (χ4v) is 2.69. The Bertz CT molecular complexity index is 1100. The van der Waals surface area contributed by atoms with Gasteiger partial charge in [-0.3, -0.25) is 0 Å². The van der Waals surface area contributed by atoms with Crippen molar-refractivity contribution in [2.75, 3.05) is 0 Å². The number of rotatable bonds is 3. The van der Waals surface area contributed by atoms with E-state index in [4.69, 9.17) is 16.3 Å². The number of aromatic nitrogens is 2. The smallest absolute Gasteiger partial charge is 0.230 e. The molecule has 4 rings (SSSR count). The molecule has 0 unspecified atom stereocenters. The molecule has 128 valence electrons. The SMILES string of the molecule is Oc1ccc(Oc2nc(-c3ccc(F)cc3)nc3ccccc23)cc1Cl. The molecule has 0 saturated carbocycles. The van der Waals surface area contributed by atoms with Crippen molar-refractivity contribution in [3.63, 3.8) is 0 Å². The van der Waals surface area contributed by atoms with E-state index in [0.29, 0.717) is 28.5 Å². The van der Waals surface area contributed by atoms with E-state index in [1.54, 1.807) is 18.2 Å². The zero-order valence-electron chi connectivity index (χ0n) is 13.4. The number of hydrogen-bond acceptors (Lipinski definition) is 4. The van der Waals surface area contributed by atoms with Gasteiger partial charge < -0.3 is 9.84 Å². The Labute approximate surface area is 153 Å². The Morgan fingerprint density at radius 3 is 2.46 bits per heavy atom. The average molecular weight is 367 g/mol. The maximum Gasteiger partial charge on any atom is 0.230 e. The molecule has 0 saturated heterocycles. The fraction of sp³-hybridized carbons (Fsp3) is 0. The van der Waals surface area contributed by atoms with Crippen molar-refractivity contribution in [1.29, 1.82) is 0 Å². The van der Waals surface area contributed by atoms with Gasteiger partial charge in [-0.15, -0.1) is 0 Å². The van der Waals surface area contributed by atoms with E-state index < -0.39 is 0 Å². The van der Waals surface area contributed by atoms with Gasteiger partial charge in [0.1, 0.15) is 17.3 Å². The third kappa shape index (κ3) is 3.17. The first-order valence-corrected chi connectivity index (χ1v) is 8.17. The second kappa shape index (κ2) is 6.61. The van der Waals surface area contributed by atoms with Crippen molar-refractivity contribution in [2.45, 2.75) is 0 Å². The normalized spacial score (nSPS) is 10.8. The Hall–Kier alpha value is -3.18. The van der Waals surface area contributed by atoms with Crippen LogP contribution in [-0.4, -0.2) is 15.1 Å². The van der Waals surface area contributed by atoms with Crippen molar-refractivity contribution < 1.29 is 14.2 Å². The standard InChI is InChI=1S/C20H12ClFN2O2/c21-16-11-14(9-10-18(16)25)26-20-15-3-1-2-4-17(15)23-19(24-20)12-5-7-13(22)8-6-12/h1-11,25H. The van der Waals surface area contributed by atoms with Crippen molar-refractivity contribution in [1.82, 2.24) is 9.97 Å². The number of benzene rings is 3. The molecule has 0 aliphatic heterocycles. The summed E-state index contributed by atoms with van der Waals surface area (Å²) < 4.78 is 19.1. The van der Waals surface area contributed by atoms with Gasteiger partial charge in [-0.05, 0) is 48.5 Å². The van der Waals surface area contributed by atoms with Crippen LogP contribution in [0.25, 0.3) is 22.3 Å². The summed E-state index contributed by atoms with van der Waals surface area (Å²) >= 11 is 5.94.